The second-order valence-electron chi connectivity index (χ2n) is 6.16. The van der Waals surface area contributed by atoms with Gasteiger partial charge in [-0.25, -0.2) is 0 Å². The molecule has 0 saturated heterocycles. The van der Waals surface area contributed by atoms with Gasteiger partial charge in [-0.3, -0.25) is 0 Å². The molecule has 1 aliphatic rings. The van der Waals surface area contributed by atoms with Gasteiger partial charge in [0.1, 0.15) is 0 Å². The Balaban J connectivity index is 1.81. The quantitative estimate of drug-likeness (QED) is 0.832. The van der Waals surface area contributed by atoms with Gasteiger partial charge in [0, 0.05) is 0 Å². The average Bonchev–Trinajstić information content (AvgIpc) is 2.85. The van der Waals surface area contributed by atoms with E-state index < -0.39 is 6.10 Å². The lowest BCUT2D eigenvalue weighted by atomic mass is 10.0. The molecule has 0 radical (unpaired) electrons. The number of aliphatic hydroxyl groups excluding tert-OH is 1. The molecule has 0 amide bonds. The molecule has 112 valence electrons. The second kappa shape index (κ2) is 6.33. The van der Waals surface area contributed by atoms with E-state index in [-0.39, 0.29) is 0 Å². The Hall–Kier alpha value is -2.12. The van der Waals surface area contributed by atoms with Crippen molar-refractivity contribution < 1.29 is 5.11 Å². The zero-order valence-corrected chi connectivity index (χ0v) is 13.2. The van der Waals surface area contributed by atoms with Crippen molar-refractivity contribution in [1.82, 2.24) is 0 Å². The summed E-state index contributed by atoms with van der Waals surface area (Å²) in [5, 5.41) is 10.5. The lowest BCUT2D eigenvalue weighted by Gasteiger charge is -2.07. The highest BCUT2D eigenvalue weighted by Gasteiger charge is 2.23. The summed E-state index contributed by atoms with van der Waals surface area (Å²) in [5.41, 5.74) is 7.07. The van der Waals surface area contributed by atoms with Crippen LogP contribution in [0.25, 0.3) is 12.2 Å². The molecule has 0 aliphatic heterocycles. The number of hydrogen-bond donors (Lipinski definition) is 1. The van der Waals surface area contributed by atoms with Gasteiger partial charge in [0.2, 0.25) is 0 Å². The number of benzene rings is 2. The van der Waals surface area contributed by atoms with Crippen LogP contribution in [0.5, 0.6) is 0 Å². The van der Waals surface area contributed by atoms with E-state index in [1.165, 1.54) is 11.1 Å². The first-order valence-corrected chi connectivity index (χ1v) is 7.84. The van der Waals surface area contributed by atoms with Crippen molar-refractivity contribution in [2.45, 2.75) is 32.8 Å². The van der Waals surface area contributed by atoms with Crippen LogP contribution < -0.4 is 0 Å². The van der Waals surface area contributed by atoms with Gasteiger partial charge in [0.05, 0.1) is 6.10 Å². The highest BCUT2D eigenvalue weighted by molar-refractivity contribution is 5.62. The van der Waals surface area contributed by atoms with Gasteiger partial charge in [-0.05, 0) is 49.0 Å². The third kappa shape index (κ3) is 3.37. The van der Waals surface area contributed by atoms with Gasteiger partial charge < -0.3 is 5.11 Å². The monoisotopic (exact) mass is 290 g/mol. The Kier molecular flexibility index (Phi) is 4.26. The van der Waals surface area contributed by atoms with Crippen LogP contribution in [0.2, 0.25) is 0 Å². The lowest BCUT2D eigenvalue weighted by molar-refractivity contribution is 0.257. The highest BCUT2D eigenvalue weighted by Crippen LogP contribution is 2.33. The van der Waals surface area contributed by atoms with Crippen molar-refractivity contribution in [2.24, 2.45) is 0 Å². The molecule has 1 heteroatoms. The number of aryl methyl sites for hydroxylation is 2. The maximum Gasteiger partial charge on any atom is 0.0967 e. The van der Waals surface area contributed by atoms with Crippen LogP contribution in [-0.4, -0.2) is 11.2 Å². The Morgan fingerprint density at radius 2 is 1.09 bits per heavy atom. The molecule has 22 heavy (non-hydrogen) atoms. The van der Waals surface area contributed by atoms with Gasteiger partial charge in [-0.1, -0.05) is 71.8 Å². The van der Waals surface area contributed by atoms with E-state index in [0.717, 1.165) is 35.1 Å². The van der Waals surface area contributed by atoms with Crippen LogP contribution in [0.1, 0.15) is 35.1 Å². The Morgan fingerprint density at radius 1 is 0.727 bits per heavy atom. The third-order valence-electron chi connectivity index (χ3n) is 4.26. The van der Waals surface area contributed by atoms with Gasteiger partial charge in [-0.2, -0.15) is 0 Å². The first kappa shape index (κ1) is 14.8. The van der Waals surface area contributed by atoms with Crippen LogP contribution in [0.4, 0.5) is 0 Å². The summed E-state index contributed by atoms with van der Waals surface area (Å²) >= 11 is 0. The first-order valence-electron chi connectivity index (χ1n) is 7.84. The predicted molar refractivity (Wildman–Crippen MR) is 93.6 cm³/mol. The van der Waals surface area contributed by atoms with Crippen LogP contribution in [-0.2, 0) is 0 Å². The Bertz CT molecular complexity index is 639. The van der Waals surface area contributed by atoms with Gasteiger partial charge in [-0.15, -0.1) is 0 Å². The highest BCUT2D eigenvalue weighted by atomic mass is 16.3. The molecule has 0 unspecified atom stereocenters. The number of hydrogen-bond acceptors (Lipinski definition) is 1. The van der Waals surface area contributed by atoms with Gasteiger partial charge >= 0.3 is 0 Å². The molecule has 2 aromatic carbocycles. The fourth-order valence-corrected chi connectivity index (χ4v) is 2.86. The van der Waals surface area contributed by atoms with Crippen LogP contribution >= 0.6 is 0 Å². The van der Waals surface area contributed by atoms with E-state index >= 15 is 0 Å². The molecule has 1 fully saturated rings. The molecule has 0 spiro atoms. The Labute approximate surface area is 132 Å². The molecule has 1 N–H and O–H groups in total. The van der Waals surface area contributed by atoms with E-state index in [4.69, 9.17) is 0 Å². The van der Waals surface area contributed by atoms with Crippen LogP contribution in [0.3, 0.4) is 0 Å². The summed E-state index contributed by atoms with van der Waals surface area (Å²) in [6.07, 6.45) is 5.68. The fourth-order valence-electron chi connectivity index (χ4n) is 2.86. The predicted octanol–water partition coefficient (Wildman–Crippen LogP) is 4.93. The van der Waals surface area contributed by atoms with Crippen molar-refractivity contribution in [3.63, 3.8) is 0 Å². The van der Waals surface area contributed by atoms with Crippen molar-refractivity contribution in [3.8, 4) is 0 Å². The summed E-state index contributed by atoms with van der Waals surface area (Å²) in [6, 6.07) is 16.9. The average molecular weight is 290 g/mol. The molecule has 1 saturated carbocycles. The van der Waals surface area contributed by atoms with E-state index in [9.17, 15) is 5.11 Å². The molecule has 0 heterocycles. The van der Waals surface area contributed by atoms with Gasteiger partial charge in [0.15, 0.2) is 0 Å². The standard InChI is InChI=1S/C21H22O/c1-15-3-7-17(8-4-15)13-19-11-12-20(21(19)22)14-18-9-5-16(2)6-10-18/h3-10,13-14,21-22H,11-12H2,1-2H3/b19-13-,20-14-. The zero-order valence-electron chi connectivity index (χ0n) is 13.2. The first-order chi connectivity index (χ1) is 10.6. The van der Waals surface area contributed by atoms with Crippen molar-refractivity contribution in [1.29, 1.82) is 0 Å². The summed E-state index contributed by atoms with van der Waals surface area (Å²) in [5.74, 6) is 0. The van der Waals surface area contributed by atoms with E-state index in [2.05, 4.69) is 74.5 Å². The zero-order chi connectivity index (χ0) is 15.5. The molecular formula is C21H22O. The number of aliphatic hydroxyl groups is 1. The van der Waals surface area contributed by atoms with Crippen molar-refractivity contribution in [2.75, 3.05) is 0 Å². The molecule has 2 aromatic rings. The Morgan fingerprint density at radius 3 is 1.45 bits per heavy atom. The summed E-state index contributed by atoms with van der Waals surface area (Å²) < 4.78 is 0. The summed E-state index contributed by atoms with van der Waals surface area (Å²) in [4.78, 5) is 0. The normalized spacial score (nSPS) is 19.2. The molecule has 0 bridgehead atoms. The van der Waals surface area contributed by atoms with Crippen LogP contribution in [0.15, 0.2) is 59.7 Å². The molecular weight excluding hydrogens is 268 g/mol. The second-order valence-corrected chi connectivity index (χ2v) is 6.16. The molecule has 0 atom stereocenters. The maximum absolute atomic E-state index is 10.5. The van der Waals surface area contributed by atoms with E-state index in [1.54, 1.807) is 0 Å². The minimum Gasteiger partial charge on any atom is -0.384 e. The van der Waals surface area contributed by atoms with Crippen molar-refractivity contribution >= 4 is 12.2 Å². The van der Waals surface area contributed by atoms with Crippen LogP contribution in [0, 0.1) is 13.8 Å². The van der Waals surface area contributed by atoms with E-state index in [1.807, 2.05) is 0 Å². The third-order valence-corrected chi connectivity index (χ3v) is 4.26. The largest absolute Gasteiger partial charge is 0.384 e. The minimum atomic E-state index is -0.442. The number of rotatable bonds is 2. The molecule has 1 aliphatic carbocycles. The van der Waals surface area contributed by atoms with Gasteiger partial charge in [0.25, 0.3) is 0 Å². The lowest BCUT2D eigenvalue weighted by Crippen LogP contribution is -2.04. The van der Waals surface area contributed by atoms with Crippen molar-refractivity contribution in [3.05, 3.63) is 81.9 Å². The molecule has 1 nitrogen and oxygen atoms in total. The topological polar surface area (TPSA) is 20.2 Å². The molecule has 3 rings (SSSR count). The summed E-state index contributed by atoms with van der Waals surface area (Å²) in [6.45, 7) is 4.17. The minimum absolute atomic E-state index is 0.442. The van der Waals surface area contributed by atoms with E-state index in [0.29, 0.717) is 0 Å². The molecule has 0 aromatic heterocycles. The SMILES string of the molecule is Cc1ccc(/C=C2/CC/C(=C/c3ccc(C)cc3)C2O)cc1. The maximum atomic E-state index is 10.5. The fraction of sp³-hybridized carbons (Fsp3) is 0.238. The smallest absolute Gasteiger partial charge is 0.0967 e. The summed E-state index contributed by atoms with van der Waals surface area (Å²) in [7, 11) is 0.